The van der Waals surface area contributed by atoms with Crippen molar-refractivity contribution in [3.8, 4) is 0 Å². The molecule has 0 spiro atoms. The van der Waals surface area contributed by atoms with Crippen LogP contribution in [0.2, 0.25) is 0 Å². The Morgan fingerprint density at radius 2 is 1.84 bits per heavy atom. The van der Waals surface area contributed by atoms with Gasteiger partial charge in [0.25, 0.3) is 0 Å². The van der Waals surface area contributed by atoms with E-state index in [0.29, 0.717) is 10.6 Å². The second-order valence-corrected chi connectivity index (χ2v) is 6.89. The fraction of sp³-hybridized carbons (Fsp3) is 0.571. The van der Waals surface area contributed by atoms with Crippen LogP contribution in [0.15, 0.2) is 29.2 Å². The Bertz CT molecular complexity index is 469. The molecule has 0 fully saturated rings. The summed E-state index contributed by atoms with van der Waals surface area (Å²) in [5.41, 5.74) is 1.19. The highest BCUT2D eigenvalue weighted by Crippen LogP contribution is 2.13. The molecule has 0 aliphatic rings. The molecule has 0 heterocycles. The molecule has 0 aliphatic heterocycles. The highest BCUT2D eigenvalue weighted by atomic mass is 32.2. The van der Waals surface area contributed by atoms with Gasteiger partial charge in [0, 0.05) is 11.8 Å². The van der Waals surface area contributed by atoms with Crippen molar-refractivity contribution >= 4 is 22.7 Å². The maximum absolute atomic E-state index is 12.0. The Balaban J connectivity index is 2.69. The number of rotatable bonds is 8. The van der Waals surface area contributed by atoms with Crippen LogP contribution >= 0.6 is 12.6 Å². The van der Waals surface area contributed by atoms with E-state index in [2.05, 4.69) is 24.3 Å². The van der Waals surface area contributed by atoms with E-state index >= 15 is 0 Å². The van der Waals surface area contributed by atoms with Crippen LogP contribution in [-0.2, 0) is 16.4 Å². The van der Waals surface area contributed by atoms with Gasteiger partial charge in [-0.05, 0) is 37.5 Å². The van der Waals surface area contributed by atoms with Gasteiger partial charge < -0.3 is 0 Å². The van der Waals surface area contributed by atoms with Gasteiger partial charge in [-0.25, -0.2) is 13.1 Å². The number of sulfonamides is 1. The van der Waals surface area contributed by atoms with E-state index in [1.165, 1.54) is 18.4 Å². The van der Waals surface area contributed by atoms with Crippen molar-refractivity contribution in [2.45, 2.75) is 50.5 Å². The fourth-order valence-corrected chi connectivity index (χ4v) is 3.24. The molecule has 1 aromatic rings. The molecule has 0 saturated carbocycles. The molecule has 108 valence electrons. The summed E-state index contributed by atoms with van der Waals surface area (Å²) in [5.74, 6) is 0.480. The standard InChI is InChI=1S/C14H23NO2S2/c1-3-4-5-6-13-7-9-14(10-8-13)19(16,17)15-12(2)11-18/h7-10,12,15,18H,3-6,11H2,1-2H3/t12-/m1/s1. The molecule has 0 radical (unpaired) electrons. The molecular weight excluding hydrogens is 278 g/mol. The summed E-state index contributed by atoms with van der Waals surface area (Å²) < 4.78 is 26.6. The van der Waals surface area contributed by atoms with E-state index in [4.69, 9.17) is 0 Å². The third-order valence-electron chi connectivity index (χ3n) is 2.93. The third kappa shape index (κ3) is 5.55. The molecule has 1 rings (SSSR count). The molecule has 1 aromatic carbocycles. The smallest absolute Gasteiger partial charge is 0.208 e. The number of unbranched alkanes of at least 4 members (excludes halogenated alkanes) is 2. The quantitative estimate of drug-likeness (QED) is 0.573. The van der Waals surface area contributed by atoms with E-state index in [-0.39, 0.29) is 6.04 Å². The average Bonchev–Trinajstić information content (AvgIpc) is 2.39. The van der Waals surface area contributed by atoms with Gasteiger partial charge in [-0.2, -0.15) is 12.6 Å². The minimum absolute atomic E-state index is 0.169. The van der Waals surface area contributed by atoms with Crippen molar-refractivity contribution in [3.05, 3.63) is 29.8 Å². The Hall–Kier alpha value is -0.520. The molecular formula is C14H23NO2S2. The summed E-state index contributed by atoms with van der Waals surface area (Å²) in [4.78, 5) is 0.320. The Labute approximate surface area is 122 Å². The zero-order chi connectivity index (χ0) is 14.3. The Morgan fingerprint density at radius 1 is 1.21 bits per heavy atom. The van der Waals surface area contributed by atoms with Gasteiger partial charge in [-0.1, -0.05) is 31.9 Å². The van der Waals surface area contributed by atoms with Crippen molar-refractivity contribution in [3.63, 3.8) is 0 Å². The molecule has 0 unspecified atom stereocenters. The van der Waals surface area contributed by atoms with Crippen LogP contribution in [0.4, 0.5) is 0 Å². The fourth-order valence-electron chi connectivity index (χ4n) is 1.78. The van der Waals surface area contributed by atoms with E-state index in [0.717, 1.165) is 12.8 Å². The van der Waals surface area contributed by atoms with Crippen LogP contribution in [0.1, 0.15) is 38.7 Å². The van der Waals surface area contributed by atoms with Crippen molar-refractivity contribution in [2.75, 3.05) is 5.75 Å². The average molecular weight is 301 g/mol. The van der Waals surface area contributed by atoms with Gasteiger partial charge in [0.05, 0.1) is 4.90 Å². The van der Waals surface area contributed by atoms with Crippen LogP contribution < -0.4 is 4.72 Å². The maximum atomic E-state index is 12.0. The van der Waals surface area contributed by atoms with Gasteiger partial charge in [-0.15, -0.1) is 0 Å². The van der Waals surface area contributed by atoms with E-state index in [1.807, 2.05) is 12.1 Å². The summed E-state index contributed by atoms with van der Waals surface area (Å²) in [6.07, 6.45) is 4.56. The zero-order valence-electron chi connectivity index (χ0n) is 11.6. The summed E-state index contributed by atoms with van der Waals surface area (Å²) in [6, 6.07) is 6.98. The first-order valence-electron chi connectivity index (χ1n) is 6.71. The SMILES string of the molecule is CCCCCc1ccc(S(=O)(=O)N[C@H](C)CS)cc1. The van der Waals surface area contributed by atoms with E-state index in [9.17, 15) is 8.42 Å². The lowest BCUT2D eigenvalue weighted by molar-refractivity contribution is 0.571. The Kier molecular flexibility index (Phi) is 6.89. The highest BCUT2D eigenvalue weighted by molar-refractivity contribution is 7.89. The van der Waals surface area contributed by atoms with Crippen LogP contribution in [0, 0.1) is 0 Å². The highest BCUT2D eigenvalue weighted by Gasteiger charge is 2.16. The molecule has 1 N–H and O–H groups in total. The minimum Gasteiger partial charge on any atom is -0.208 e. The number of nitrogens with one attached hydrogen (secondary N) is 1. The molecule has 0 saturated heterocycles. The van der Waals surface area contributed by atoms with Gasteiger partial charge >= 0.3 is 0 Å². The second-order valence-electron chi connectivity index (χ2n) is 4.81. The summed E-state index contributed by atoms with van der Waals surface area (Å²) >= 11 is 4.08. The molecule has 3 nitrogen and oxygen atoms in total. The Morgan fingerprint density at radius 3 is 2.37 bits per heavy atom. The molecule has 19 heavy (non-hydrogen) atoms. The van der Waals surface area contributed by atoms with Crippen molar-refractivity contribution in [1.82, 2.24) is 4.72 Å². The lowest BCUT2D eigenvalue weighted by Crippen LogP contribution is -2.33. The molecule has 0 bridgehead atoms. The largest absolute Gasteiger partial charge is 0.240 e. The zero-order valence-corrected chi connectivity index (χ0v) is 13.3. The molecule has 1 atom stereocenters. The monoisotopic (exact) mass is 301 g/mol. The number of hydrogen-bond acceptors (Lipinski definition) is 3. The maximum Gasteiger partial charge on any atom is 0.240 e. The first-order valence-corrected chi connectivity index (χ1v) is 8.83. The molecule has 0 amide bonds. The lowest BCUT2D eigenvalue weighted by atomic mass is 10.1. The van der Waals surface area contributed by atoms with Gasteiger partial charge in [0.1, 0.15) is 0 Å². The van der Waals surface area contributed by atoms with Crippen LogP contribution in [0.3, 0.4) is 0 Å². The first kappa shape index (κ1) is 16.5. The van der Waals surface area contributed by atoms with Crippen LogP contribution in [0.5, 0.6) is 0 Å². The van der Waals surface area contributed by atoms with Gasteiger partial charge in [0.15, 0.2) is 0 Å². The molecule has 5 heteroatoms. The topological polar surface area (TPSA) is 46.2 Å². The lowest BCUT2D eigenvalue weighted by Gasteiger charge is -2.12. The van der Waals surface area contributed by atoms with Crippen molar-refractivity contribution in [2.24, 2.45) is 0 Å². The van der Waals surface area contributed by atoms with Crippen LogP contribution in [0.25, 0.3) is 0 Å². The first-order chi connectivity index (χ1) is 8.99. The van der Waals surface area contributed by atoms with Gasteiger partial charge in [-0.3, -0.25) is 0 Å². The van der Waals surface area contributed by atoms with Crippen molar-refractivity contribution < 1.29 is 8.42 Å². The third-order valence-corrected chi connectivity index (χ3v) is 5.09. The van der Waals surface area contributed by atoms with E-state index < -0.39 is 10.0 Å². The normalized spacial score (nSPS) is 13.4. The second kappa shape index (κ2) is 7.92. The number of benzene rings is 1. The summed E-state index contributed by atoms with van der Waals surface area (Å²) in [7, 11) is -3.41. The summed E-state index contributed by atoms with van der Waals surface area (Å²) in [6.45, 7) is 3.97. The number of thiol groups is 1. The number of hydrogen-bond donors (Lipinski definition) is 2. The van der Waals surface area contributed by atoms with Crippen LogP contribution in [-0.4, -0.2) is 20.2 Å². The predicted octanol–water partition coefficient (Wildman–Crippen LogP) is 3.02. The molecule has 0 aromatic heterocycles. The predicted molar refractivity (Wildman–Crippen MR) is 83.3 cm³/mol. The van der Waals surface area contributed by atoms with E-state index in [1.54, 1.807) is 19.1 Å². The number of aryl methyl sites for hydroxylation is 1. The summed E-state index contributed by atoms with van der Waals surface area (Å²) in [5, 5.41) is 0. The molecule has 0 aliphatic carbocycles. The van der Waals surface area contributed by atoms with Gasteiger partial charge in [0.2, 0.25) is 10.0 Å². The van der Waals surface area contributed by atoms with Crippen molar-refractivity contribution in [1.29, 1.82) is 0 Å². The minimum atomic E-state index is -3.41.